The van der Waals surface area contributed by atoms with Gasteiger partial charge in [-0.3, -0.25) is 0 Å². The number of hydrogen-bond acceptors (Lipinski definition) is 7. The lowest BCUT2D eigenvalue weighted by Gasteiger charge is -2.32. The first-order valence-electron chi connectivity index (χ1n) is 9.86. The van der Waals surface area contributed by atoms with Crippen molar-refractivity contribution in [2.75, 3.05) is 38.1 Å². The monoisotopic (exact) mass is 417 g/mol. The van der Waals surface area contributed by atoms with Crippen LogP contribution >= 0.6 is 11.8 Å². The van der Waals surface area contributed by atoms with E-state index in [1.165, 1.54) is 11.8 Å². The standard InChI is InChI=1S/C23H23N5OS/c1-27-10-12-28(13-11-27)23-25-16-21(30-20-9-5-8-19(14-20)15-24)22(26-23)29-17-18-6-3-2-4-7-18/h2-9,14,16H,10-13,17H2,1H3. The van der Waals surface area contributed by atoms with E-state index in [2.05, 4.69) is 27.9 Å². The van der Waals surface area contributed by atoms with Gasteiger partial charge in [-0.25, -0.2) is 4.98 Å². The second-order valence-electron chi connectivity index (χ2n) is 7.15. The number of hydrogen-bond donors (Lipinski definition) is 0. The molecule has 0 spiro atoms. The Morgan fingerprint density at radius 1 is 1.07 bits per heavy atom. The van der Waals surface area contributed by atoms with Crippen molar-refractivity contribution >= 4 is 17.7 Å². The molecule has 30 heavy (non-hydrogen) atoms. The summed E-state index contributed by atoms with van der Waals surface area (Å²) in [7, 11) is 2.13. The summed E-state index contributed by atoms with van der Waals surface area (Å²) in [6, 6.07) is 19.7. The number of ether oxygens (including phenoxy) is 1. The van der Waals surface area contributed by atoms with E-state index in [0.717, 1.165) is 41.5 Å². The number of nitriles is 1. The van der Waals surface area contributed by atoms with Gasteiger partial charge in [0.1, 0.15) is 6.61 Å². The quantitative estimate of drug-likeness (QED) is 0.604. The average molecular weight is 418 g/mol. The number of aromatic nitrogens is 2. The van der Waals surface area contributed by atoms with Gasteiger partial charge in [0.2, 0.25) is 11.8 Å². The first-order valence-corrected chi connectivity index (χ1v) is 10.7. The molecule has 0 amide bonds. The molecular formula is C23H23N5OS. The van der Waals surface area contributed by atoms with Gasteiger partial charge in [-0.15, -0.1) is 0 Å². The normalized spacial score (nSPS) is 14.3. The summed E-state index contributed by atoms with van der Waals surface area (Å²) in [6.07, 6.45) is 1.82. The van der Waals surface area contributed by atoms with Crippen LogP contribution < -0.4 is 9.64 Å². The molecule has 1 saturated heterocycles. The van der Waals surface area contributed by atoms with Crippen LogP contribution in [0.25, 0.3) is 0 Å². The summed E-state index contributed by atoms with van der Waals surface area (Å²) < 4.78 is 6.13. The highest BCUT2D eigenvalue weighted by Crippen LogP contribution is 2.35. The highest BCUT2D eigenvalue weighted by atomic mass is 32.2. The third-order valence-corrected chi connectivity index (χ3v) is 5.89. The summed E-state index contributed by atoms with van der Waals surface area (Å²) in [5, 5.41) is 9.17. The molecule has 1 aliphatic heterocycles. The summed E-state index contributed by atoms with van der Waals surface area (Å²) in [5.41, 5.74) is 1.71. The van der Waals surface area contributed by atoms with E-state index in [9.17, 15) is 5.26 Å². The largest absolute Gasteiger partial charge is 0.472 e. The van der Waals surface area contributed by atoms with Gasteiger partial charge in [-0.2, -0.15) is 10.2 Å². The van der Waals surface area contributed by atoms with Crippen molar-refractivity contribution in [3.8, 4) is 11.9 Å². The zero-order valence-corrected chi connectivity index (χ0v) is 17.7. The number of likely N-dealkylation sites (N-methyl/N-ethyl adjacent to an activating group) is 1. The molecule has 4 rings (SSSR count). The molecule has 2 aromatic carbocycles. The molecule has 7 heteroatoms. The van der Waals surface area contributed by atoms with Gasteiger partial charge < -0.3 is 14.5 Å². The van der Waals surface area contributed by atoms with Crippen LogP contribution in [0.5, 0.6) is 5.88 Å². The van der Waals surface area contributed by atoms with E-state index in [1.54, 1.807) is 6.07 Å². The van der Waals surface area contributed by atoms with E-state index in [1.807, 2.05) is 54.7 Å². The molecule has 1 aliphatic rings. The van der Waals surface area contributed by atoms with Crippen molar-refractivity contribution in [3.05, 3.63) is 71.9 Å². The molecule has 3 aromatic rings. The smallest absolute Gasteiger partial charge is 0.232 e. The fourth-order valence-electron chi connectivity index (χ4n) is 3.16. The van der Waals surface area contributed by atoms with Crippen LogP contribution in [0.4, 0.5) is 5.95 Å². The molecule has 1 fully saturated rings. The average Bonchev–Trinajstić information content (AvgIpc) is 2.80. The minimum atomic E-state index is 0.436. The van der Waals surface area contributed by atoms with Gasteiger partial charge in [0.25, 0.3) is 0 Å². The fraction of sp³-hybridized carbons (Fsp3) is 0.261. The van der Waals surface area contributed by atoms with Crippen molar-refractivity contribution in [2.24, 2.45) is 0 Å². The Morgan fingerprint density at radius 3 is 2.63 bits per heavy atom. The Balaban J connectivity index is 1.59. The highest BCUT2D eigenvalue weighted by Gasteiger charge is 2.19. The molecule has 0 N–H and O–H groups in total. The van der Waals surface area contributed by atoms with Crippen LogP contribution in [0.1, 0.15) is 11.1 Å². The predicted molar refractivity (Wildman–Crippen MR) is 118 cm³/mol. The number of piperazine rings is 1. The summed E-state index contributed by atoms with van der Waals surface area (Å²) >= 11 is 1.51. The Bertz CT molecular complexity index is 1030. The van der Waals surface area contributed by atoms with Gasteiger partial charge in [0.05, 0.1) is 22.7 Å². The van der Waals surface area contributed by atoms with Gasteiger partial charge in [0, 0.05) is 31.1 Å². The summed E-state index contributed by atoms with van der Waals surface area (Å²) in [6.45, 7) is 4.20. The lowest BCUT2D eigenvalue weighted by Crippen LogP contribution is -2.45. The van der Waals surface area contributed by atoms with Crippen LogP contribution in [0, 0.1) is 11.3 Å². The van der Waals surface area contributed by atoms with E-state index < -0.39 is 0 Å². The first kappa shape index (κ1) is 20.2. The third kappa shape index (κ3) is 5.09. The molecule has 0 bridgehead atoms. The Kier molecular flexibility index (Phi) is 6.47. The lowest BCUT2D eigenvalue weighted by molar-refractivity contribution is 0.283. The van der Waals surface area contributed by atoms with Crippen LogP contribution in [0.15, 0.2) is 70.6 Å². The maximum Gasteiger partial charge on any atom is 0.232 e. The topological polar surface area (TPSA) is 65.3 Å². The summed E-state index contributed by atoms with van der Waals surface area (Å²) in [4.78, 5) is 15.7. The van der Waals surface area contributed by atoms with E-state index in [0.29, 0.717) is 24.0 Å². The maximum absolute atomic E-state index is 9.17. The fourth-order valence-corrected chi connectivity index (χ4v) is 4.04. The SMILES string of the molecule is CN1CCN(c2ncc(Sc3cccc(C#N)c3)c(OCc3ccccc3)n2)CC1. The van der Waals surface area contributed by atoms with Crippen LogP contribution in [0.2, 0.25) is 0 Å². The molecule has 0 unspecified atom stereocenters. The van der Waals surface area contributed by atoms with Gasteiger partial charge in [-0.05, 0) is 30.8 Å². The molecule has 2 heterocycles. The predicted octanol–water partition coefficient (Wildman–Crippen LogP) is 3.83. The number of rotatable bonds is 6. The molecule has 0 saturated carbocycles. The number of nitrogens with zero attached hydrogens (tertiary/aromatic N) is 5. The first-order chi connectivity index (χ1) is 14.7. The second kappa shape index (κ2) is 9.61. The minimum absolute atomic E-state index is 0.436. The number of benzene rings is 2. The molecule has 1 aromatic heterocycles. The van der Waals surface area contributed by atoms with Crippen LogP contribution in [-0.2, 0) is 6.61 Å². The van der Waals surface area contributed by atoms with Crippen molar-refractivity contribution in [1.82, 2.24) is 14.9 Å². The van der Waals surface area contributed by atoms with E-state index >= 15 is 0 Å². The van der Waals surface area contributed by atoms with Gasteiger partial charge >= 0.3 is 0 Å². The van der Waals surface area contributed by atoms with E-state index in [4.69, 9.17) is 9.72 Å². The molecule has 0 atom stereocenters. The van der Waals surface area contributed by atoms with Gasteiger partial charge in [0.15, 0.2) is 0 Å². The molecule has 0 radical (unpaired) electrons. The Labute approximate surface area is 181 Å². The van der Waals surface area contributed by atoms with Crippen LogP contribution in [0.3, 0.4) is 0 Å². The molecule has 152 valence electrons. The van der Waals surface area contributed by atoms with Crippen molar-refractivity contribution in [1.29, 1.82) is 5.26 Å². The van der Waals surface area contributed by atoms with Crippen LogP contribution in [-0.4, -0.2) is 48.1 Å². The van der Waals surface area contributed by atoms with Crippen molar-refractivity contribution in [2.45, 2.75) is 16.4 Å². The molecule has 0 aliphatic carbocycles. The van der Waals surface area contributed by atoms with Crippen molar-refractivity contribution in [3.63, 3.8) is 0 Å². The third-order valence-electron chi connectivity index (χ3n) is 4.91. The van der Waals surface area contributed by atoms with Crippen molar-refractivity contribution < 1.29 is 4.74 Å². The molecule has 6 nitrogen and oxygen atoms in total. The maximum atomic E-state index is 9.17. The Morgan fingerprint density at radius 2 is 1.87 bits per heavy atom. The highest BCUT2D eigenvalue weighted by molar-refractivity contribution is 7.99. The molecular weight excluding hydrogens is 394 g/mol. The second-order valence-corrected chi connectivity index (χ2v) is 8.26. The lowest BCUT2D eigenvalue weighted by atomic mass is 10.2. The Hall–Kier alpha value is -3.08. The zero-order chi connectivity index (χ0) is 20.8. The zero-order valence-electron chi connectivity index (χ0n) is 16.9. The summed E-state index contributed by atoms with van der Waals surface area (Å²) in [5.74, 6) is 1.26. The van der Waals surface area contributed by atoms with Gasteiger partial charge in [-0.1, -0.05) is 48.2 Å². The minimum Gasteiger partial charge on any atom is -0.472 e. The van der Waals surface area contributed by atoms with E-state index in [-0.39, 0.29) is 0 Å². The number of anilines is 1.